The Bertz CT molecular complexity index is 1060. The van der Waals surface area contributed by atoms with Gasteiger partial charge >= 0.3 is 11.9 Å². The molecule has 0 aromatic heterocycles. The third-order valence-corrected chi connectivity index (χ3v) is 4.84. The number of rotatable bonds is 7. The summed E-state index contributed by atoms with van der Waals surface area (Å²) in [5, 5.41) is 0. The van der Waals surface area contributed by atoms with Crippen LogP contribution in [0.15, 0.2) is 72.8 Å². The topological polar surface area (TPSA) is 52.6 Å². The second-order valence-corrected chi connectivity index (χ2v) is 7.39. The quantitative estimate of drug-likeness (QED) is 0.283. The van der Waals surface area contributed by atoms with Crippen LogP contribution in [0.25, 0.3) is 17.2 Å². The van der Waals surface area contributed by atoms with Crippen LogP contribution in [0.1, 0.15) is 29.2 Å². The van der Waals surface area contributed by atoms with Crippen molar-refractivity contribution in [3.8, 4) is 16.9 Å². The predicted molar refractivity (Wildman–Crippen MR) is 123 cm³/mol. The Morgan fingerprint density at radius 3 is 2.10 bits per heavy atom. The Labute approximate surface area is 183 Å². The largest absolute Gasteiger partial charge is 0.462 e. The average molecular weight is 415 g/mol. The molecule has 0 heterocycles. The van der Waals surface area contributed by atoms with E-state index < -0.39 is 0 Å². The predicted octanol–water partition coefficient (Wildman–Crippen LogP) is 5.69. The van der Waals surface area contributed by atoms with Gasteiger partial charge < -0.3 is 9.47 Å². The number of hydrogen-bond donors (Lipinski definition) is 0. The minimum atomic E-state index is -0.389. The third-order valence-electron chi connectivity index (χ3n) is 4.84. The monoisotopic (exact) mass is 414 g/mol. The molecule has 0 radical (unpaired) electrons. The van der Waals surface area contributed by atoms with E-state index in [1.165, 1.54) is 18.6 Å². The fourth-order valence-electron chi connectivity index (χ4n) is 3.36. The van der Waals surface area contributed by atoms with Gasteiger partial charge in [-0.05, 0) is 65.4 Å². The molecule has 0 aliphatic carbocycles. The molecule has 158 valence electrons. The molecule has 0 aliphatic rings. The number of benzene rings is 3. The van der Waals surface area contributed by atoms with E-state index >= 15 is 0 Å². The van der Waals surface area contributed by atoms with Crippen LogP contribution in [0.4, 0.5) is 0 Å². The highest BCUT2D eigenvalue weighted by molar-refractivity contribution is 5.87. The fraction of sp³-hybridized carbons (Fsp3) is 0.185. The summed E-state index contributed by atoms with van der Waals surface area (Å²) in [6.45, 7) is 5.42. The molecule has 0 aliphatic heterocycles. The number of ether oxygens (including phenoxy) is 2. The number of carbonyl (C=O) groups is 2. The molecule has 0 saturated carbocycles. The summed E-state index contributed by atoms with van der Waals surface area (Å²) in [6.07, 6.45) is 3.77. The molecule has 0 saturated heterocycles. The zero-order valence-corrected chi connectivity index (χ0v) is 18.1. The number of esters is 2. The van der Waals surface area contributed by atoms with Crippen molar-refractivity contribution in [1.29, 1.82) is 0 Å². The lowest BCUT2D eigenvalue weighted by atomic mass is 10.0. The molecule has 3 aromatic carbocycles. The van der Waals surface area contributed by atoms with Gasteiger partial charge in [0.15, 0.2) is 0 Å². The maximum Gasteiger partial charge on any atom is 0.330 e. The van der Waals surface area contributed by atoms with Gasteiger partial charge in [0.1, 0.15) is 5.75 Å². The highest BCUT2D eigenvalue weighted by atomic mass is 16.5. The molecule has 0 spiro atoms. The summed E-state index contributed by atoms with van der Waals surface area (Å²) in [6, 6.07) is 22.2. The first kappa shape index (κ1) is 22.0. The van der Waals surface area contributed by atoms with E-state index in [4.69, 9.17) is 9.47 Å². The molecule has 4 nitrogen and oxygen atoms in total. The van der Waals surface area contributed by atoms with E-state index in [9.17, 15) is 9.59 Å². The maximum absolute atomic E-state index is 12.0. The Balaban J connectivity index is 1.51. The summed E-state index contributed by atoms with van der Waals surface area (Å²) in [4.78, 5) is 23.3. The van der Waals surface area contributed by atoms with Gasteiger partial charge in [-0.1, -0.05) is 54.6 Å². The van der Waals surface area contributed by atoms with Crippen molar-refractivity contribution >= 4 is 18.0 Å². The number of aryl methyl sites for hydroxylation is 2. The van der Waals surface area contributed by atoms with E-state index in [0.717, 1.165) is 27.8 Å². The maximum atomic E-state index is 12.0. The zero-order valence-electron chi connectivity index (χ0n) is 18.1. The Hall–Kier alpha value is -3.66. The molecule has 0 N–H and O–H groups in total. The molecule has 0 atom stereocenters. The molecule has 0 fully saturated rings. The van der Waals surface area contributed by atoms with Crippen LogP contribution in [-0.2, 0) is 20.7 Å². The molecule has 0 amide bonds. The van der Waals surface area contributed by atoms with Crippen molar-refractivity contribution in [2.45, 2.75) is 27.2 Å². The molecule has 0 bridgehead atoms. The van der Waals surface area contributed by atoms with E-state index in [0.29, 0.717) is 18.8 Å². The summed E-state index contributed by atoms with van der Waals surface area (Å²) < 4.78 is 10.6. The van der Waals surface area contributed by atoms with Crippen LogP contribution < -0.4 is 4.74 Å². The summed E-state index contributed by atoms with van der Waals surface area (Å²) in [7, 11) is 0. The Morgan fingerprint density at radius 1 is 0.871 bits per heavy atom. The van der Waals surface area contributed by atoms with Crippen LogP contribution in [0, 0.1) is 13.8 Å². The third kappa shape index (κ3) is 6.41. The second-order valence-electron chi connectivity index (χ2n) is 7.39. The molecule has 0 unspecified atom stereocenters. The van der Waals surface area contributed by atoms with Crippen molar-refractivity contribution in [1.82, 2.24) is 0 Å². The first-order valence-electron chi connectivity index (χ1n) is 10.2. The van der Waals surface area contributed by atoms with Gasteiger partial charge in [0.2, 0.25) is 0 Å². The minimum Gasteiger partial charge on any atom is -0.462 e. The number of carbonyl (C=O) groups excluding carboxylic acids is 2. The van der Waals surface area contributed by atoms with Crippen molar-refractivity contribution in [2.24, 2.45) is 0 Å². The van der Waals surface area contributed by atoms with E-state index in [-0.39, 0.29) is 11.9 Å². The lowest BCUT2D eigenvalue weighted by Crippen LogP contribution is -2.05. The van der Waals surface area contributed by atoms with Crippen LogP contribution in [0.3, 0.4) is 0 Å². The van der Waals surface area contributed by atoms with Crippen molar-refractivity contribution in [2.75, 3.05) is 6.61 Å². The summed E-state index contributed by atoms with van der Waals surface area (Å²) in [5.74, 6) is -0.182. The molecular weight excluding hydrogens is 388 g/mol. The lowest BCUT2D eigenvalue weighted by Gasteiger charge is -2.10. The van der Waals surface area contributed by atoms with E-state index in [1.807, 2.05) is 44.2 Å². The average Bonchev–Trinajstić information content (AvgIpc) is 2.76. The van der Waals surface area contributed by atoms with Gasteiger partial charge in [0.25, 0.3) is 0 Å². The van der Waals surface area contributed by atoms with Crippen LogP contribution in [0.2, 0.25) is 0 Å². The van der Waals surface area contributed by atoms with E-state index in [2.05, 4.69) is 36.4 Å². The van der Waals surface area contributed by atoms with Crippen molar-refractivity contribution < 1.29 is 19.1 Å². The van der Waals surface area contributed by atoms with Gasteiger partial charge in [0, 0.05) is 19.4 Å². The first-order chi connectivity index (χ1) is 14.9. The molecule has 3 rings (SSSR count). The molecule has 3 aromatic rings. The van der Waals surface area contributed by atoms with Gasteiger partial charge in [-0.25, -0.2) is 4.79 Å². The Kier molecular flexibility index (Phi) is 7.39. The molecular formula is C27H26O4. The zero-order chi connectivity index (χ0) is 22.2. The van der Waals surface area contributed by atoms with Crippen LogP contribution in [0.5, 0.6) is 5.75 Å². The van der Waals surface area contributed by atoms with Gasteiger partial charge in [-0.3, -0.25) is 4.79 Å². The first-order valence-corrected chi connectivity index (χ1v) is 10.2. The van der Waals surface area contributed by atoms with Crippen molar-refractivity contribution in [3.05, 3.63) is 95.1 Å². The minimum absolute atomic E-state index is 0.317. The fourth-order valence-corrected chi connectivity index (χ4v) is 3.36. The van der Waals surface area contributed by atoms with Crippen LogP contribution in [-0.4, -0.2) is 18.5 Å². The van der Waals surface area contributed by atoms with Gasteiger partial charge in [-0.15, -0.1) is 0 Å². The highest BCUT2D eigenvalue weighted by Crippen LogP contribution is 2.25. The summed E-state index contributed by atoms with van der Waals surface area (Å²) >= 11 is 0. The van der Waals surface area contributed by atoms with E-state index in [1.54, 1.807) is 6.08 Å². The summed E-state index contributed by atoms with van der Waals surface area (Å²) in [5.41, 5.74) is 5.97. The normalized spacial score (nSPS) is 10.8. The highest BCUT2D eigenvalue weighted by Gasteiger charge is 2.08. The van der Waals surface area contributed by atoms with Gasteiger partial charge in [-0.2, -0.15) is 0 Å². The second kappa shape index (κ2) is 10.4. The van der Waals surface area contributed by atoms with Crippen LogP contribution >= 0.6 is 0 Å². The van der Waals surface area contributed by atoms with Gasteiger partial charge in [0.05, 0.1) is 6.61 Å². The molecule has 31 heavy (non-hydrogen) atoms. The molecule has 4 heteroatoms. The smallest absolute Gasteiger partial charge is 0.330 e. The number of hydrogen-bond acceptors (Lipinski definition) is 4. The SMILES string of the molecule is CC(=O)Oc1c(C)cc(/C=C/C(=O)OCCc2ccc(-c3ccccc3)cc2)cc1C. The van der Waals surface area contributed by atoms with Crippen molar-refractivity contribution in [3.63, 3.8) is 0 Å². The lowest BCUT2D eigenvalue weighted by molar-refractivity contribution is -0.137. The standard InChI is InChI=1S/C27H26O4/c1-19-17-23(18-20(2)27(19)31-21(3)28)11-14-26(29)30-16-15-22-9-12-25(13-10-22)24-7-5-4-6-8-24/h4-14,17-18H,15-16H2,1-3H3/b14-11+. The Morgan fingerprint density at radius 2 is 1.48 bits per heavy atom.